The van der Waals surface area contributed by atoms with E-state index in [0.717, 1.165) is 16.8 Å². The Bertz CT molecular complexity index is 1190. The third kappa shape index (κ3) is 3.60. The molecular formula is C26H21ClN2O3. The predicted octanol–water partition coefficient (Wildman–Crippen LogP) is 5.04. The van der Waals surface area contributed by atoms with Gasteiger partial charge in [-0.1, -0.05) is 71.8 Å². The molecule has 5 nitrogen and oxygen atoms in total. The van der Waals surface area contributed by atoms with Crippen LogP contribution >= 0.6 is 11.6 Å². The maximum absolute atomic E-state index is 13.5. The van der Waals surface area contributed by atoms with Gasteiger partial charge < -0.3 is 0 Å². The van der Waals surface area contributed by atoms with E-state index in [1.54, 1.807) is 17.2 Å². The lowest BCUT2D eigenvalue weighted by Gasteiger charge is -2.26. The molecule has 2 amide bonds. The molecule has 0 N–H and O–H groups in total. The molecule has 0 bridgehead atoms. The number of nitrogens with zero attached hydrogens (tertiary/aromatic N) is 2. The number of hydrogen-bond donors (Lipinski definition) is 0. The zero-order valence-corrected chi connectivity index (χ0v) is 18.1. The van der Waals surface area contributed by atoms with E-state index in [1.807, 2.05) is 85.8 Å². The highest BCUT2D eigenvalue weighted by Gasteiger charge is 2.59. The number of amides is 2. The van der Waals surface area contributed by atoms with E-state index >= 15 is 0 Å². The van der Waals surface area contributed by atoms with Crippen molar-refractivity contribution in [1.82, 2.24) is 0 Å². The fraction of sp³-hybridized carbons (Fsp3) is 0.154. The van der Waals surface area contributed by atoms with Crippen LogP contribution in [0, 0.1) is 12.8 Å². The van der Waals surface area contributed by atoms with E-state index in [1.165, 1.54) is 4.90 Å². The van der Waals surface area contributed by atoms with E-state index < -0.39 is 18.1 Å². The minimum atomic E-state index is -0.877. The lowest BCUT2D eigenvalue weighted by atomic mass is 9.95. The number of carbonyl (C=O) groups excluding carboxylic acids is 2. The first-order valence-corrected chi connectivity index (χ1v) is 10.8. The number of anilines is 2. The molecule has 3 atom stereocenters. The van der Waals surface area contributed by atoms with Crippen molar-refractivity contribution in [2.45, 2.75) is 19.1 Å². The van der Waals surface area contributed by atoms with Crippen molar-refractivity contribution in [3.05, 3.63) is 101 Å². The van der Waals surface area contributed by atoms with E-state index in [2.05, 4.69) is 0 Å². The number of fused-ring (bicyclic) bond motifs is 1. The summed E-state index contributed by atoms with van der Waals surface area (Å²) in [5.41, 5.74) is 3.31. The molecule has 2 aliphatic heterocycles. The third-order valence-electron chi connectivity index (χ3n) is 5.80. The van der Waals surface area contributed by atoms with Gasteiger partial charge in [-0.05, 0) is 48.9 Å². The standard InChI is InChI=1S/C26H21ClN2O3/c1-17-10-13-20(14-11-17)28-25(30)23-22(15-12-18-6-5-7-19(27)16-18)29(32-24(23)26(28)31)21-8-3-2-4-9-21/h2-16,22-24H,1H3/b15-12-/t22-,23+,24-/m1/s1. The number of carbonyl (C=O) groups is 2. The van der Waals surface area contributed by atoms with Crippen molar-refractivity contribution in [3.63, 3.8) is 0 Å². The molecule has 0 saturated carbocycles. The monoisotopic (exact) mass is 444 g/mol. The average Bonchev–Trinajstić information content (AvgIpc) is 3.29. The SMILES string of the molecule is Cc1ccc(N2C(=O)[C@H]3[C@@H](/C=C\c4cccc(Cl)c4)N(c4ccccc4)O[C@H]3C2=O)cc1. The van der Waals surface area contributed by atoms with E-state index in [4.69, 9.17) is 16.4 Å². The van der Waals surface area contributed by atoms with Gasteiger partial charge in [-0.15, -0.1) is 0 Å². The van der Waals surface area contributed by atoms with Crippen LogP contribution in [0.25, 0.3) is 6.08 Å². The highest BCUT2D eigenvalue weighted by atomic mass is 35.5. The van der Waals surface area contributed by atoms with Crippen LogP contribution in [0.5, 0.6) is 0 Å². The van der Waals surface area contributed by atoms with Crippen molar-refractivity contribution in [1.29, 1.82) is 0 Å². The van der Waals surface area contributed by atoms with Gasteiger partial charge in [-0.25, -0.2) is 9.96 Å². The summed E-state index contributed by atoms with van der Waals surface area (Å²) in [5.74, 6) is -1.26. The predicted molar refractivity (Wildman–Crippen MR) is 125 cm³/mol. The van der Waals surface area contributed by atoms with Crippen LogP contribution in [-0.4, -0.2) is 24.0 Å². The van der Waals surface area contributed by atoms with Gasteiger partial charge in [0.2, 0.25) is 5.91 Å². The summed E-state index contributed by atoms with van der Waals surface area (Å²) in [6.45, 7) is 1.96. The fourth-order valence-electron chi connectivity index (χ4n) is 4.22. The van der Waals surface area contributed by atoms with E-state index in [0.29, 0.717) is 10.7 Å². The third-order valence-corrected chi connectivity index (χ3v) is 6.03. The van der Waals surface area contributed by atoms with Crippen molar-refractivity contribution < 1.29 is 14.4 Å². The van der Waals surface area contributed by atoms with Gasteiger partial charge in [0, 0.05) is 5.02 Å². The Morgan fingerprint density at radius 1 is 0.875 bits per heavy atom. The lowest BCUT2D eigenvalue weighted by Crippen LogP contribution is -2.39. The van der Waals surface area contributed by atoms with E-state index in [-0.39, 0.29) is 11.8 Å². The molecule has 2 fully saturated rings. The van der Waals surface area contributed by atoms with Crippen molar-refractivity contribution in [3.8, 4) is 0 Å². The quantitative estimate of drug-likeness (QED) is 0.529. The fourth-order valence-corrected chi connectivity index (χ4v) is 4.42. The summed E-state index contributed by atoms with van der Waals surface area (Å²) in [5, 5.41) is 2.30. The number of hydrogen-bond acceptors (Lipinski definition) is 4. The molecule has 0 unspecified atom stereocenters. The number of para-hydroxylation sites is 1. The summed E-state index contributed by atoms with van der Waals surface area (Å²) >= 11 is 6.12. The first-order chi connectivity index (χ1) is 15.5. The second kappa shape index (κ2) is 8.26. The highest BCUT2D eigenvalue weighted by Crippen LogP contribution is 2.41. The summed E-state index contributed by atoms with van der Waals surface area (Å²) in [6.07, 6.45) is 2.94. The Morgan fingerprint density at radius 2 is 1.62 bits per heavy atom. The van der Waals surface area contributed by atoms with Gasteiger partial charge in [0.1, 0.15) is 5.92 Å². The van der Waals surface area contributed by atoms with Crippen LogP contribution in [0.3, 0.4) is 0 Å². The van der Waals surface area contributed by atoms with Gasteiger partial charge in [0.05, 0.1) is 17.4 Å². The molecule has 0 radical (unpaired) electrons. The first kappa shape index (κ1) is 20.5. The summed E-state index contributed by atoms with van der Waals surface area (Å²) < 4.78 is 0. The van der Waals surface area contributed by atoms with Crippen LogP contribution in [0.1, 0.15) is 11.1 Å². The maximum atomic E-state index is 13.5. The summed E-state index contributed by atoms with van der Waals surface area (Å²) in [4.78, 5) is 34.1. The number of aryl methyl sites for hydroxylation is 1. The Labute approximate surface area is 191 Å². The summed E-state index contributed by atoms with van der Waals surface area (Å²) in [6, 6.07) is 23.9. The van der Waals surface area contributed by atoms with Crippen molar-refractivity contribution in [2.75, 3.05) is 9.96 Å². The Morgan fingerprint density at radius 3 is 2.34 bits per heavy atom. The Kier molecular flexibility index (Phi) is 5.29. The highest BCUT2D eigenvalue weighted by molar-refractivity contribution is 6.30. The lowest BCUT2D eigenvalue weighted by molar-refractivity contribution is -0.126. The zero-order valence-electron chi connectivity index (χ0n) is 17.4. The van der Waals surface area contributed by atoms with Gasteiger partial charge >= 0.3 is 0 Å². The molecule has 0 aromatic heterocycles. The molecule has 2 aliphatic rings. The minimum absolute atomic E-state index is 0.261. The minimum Gasteiger partial charge on any atom is -0.273 e. The topological polar surface area (TPSA) is 49.9 Å². The molecule has 160 valence electrons. The molecular weight excluding hydrogens is 424 g/mol. The first-order valence-electron chi connectivity index (χ1n) is 10.4. The largest absolute Gasteiger partial charge is 0.273 e. The van der Waals surface area contributed by atoms with Crippen LogP contribution in [-0.2, 0) is 14.4 Å². The number of halogens is 1. The molecule has 2 saturated heterocycles. The smallest absolute Gasteiger partial charge is 0.266 e. The molecule has 3 aromatic carbocycles. The van der Waals surface area contributed by atoms with E-state index in [9.17, 15) is 9.59 Å². The number of rotatable bonds is 4. The molecule has 5 rings (SSSR count). The van der Waals surface area contributed by atoms with Crippen LogP contribution in [0.4, 0.5) is 11.4 Å². The van der Waals surface area contributed by atoms with Crippen LogP contribution in [0.2, 0.25) is 5.02 Å². The molecule has 0 spiro atoms. The van der Waals surface area contributed by atoms with Crippen molar-refractivity contribution in [2.24, 2.45) is 5.92 Å². The summed E-state index contributed by atoms with van der Waals surface area (Å²) in [7, 11) is 0. The second-order valence-electron chi connectivity index (χ2n) is 7.97. The molecule has 6 heteroatoms. The van der Waals surface area contributed by atoms with Gasteiger partial charge in [-0.2, -0.15) is 0 Å². The maximum Gasteiger partial charge on any atom is 0.266 e. The molecule has 0 aliphatic carbocycles. The second-order valence-corrected chi connectivity index (χ2v) is 8.40. The Balaban J connectivity index is 1.52. The molecule has 2 heterocycles. The number of imide groups is 1. The van der Waals surface area contributed by atoms with Gasteiger partial charge in [0.25, 0.3) is 5.91 Å². The van der Waals surface area contributed by atoms with Crippen LogP contribution < -0.4 is 9.96 Å². The normalized spacial score (nSPS) is 22.8. The van der Waals surface area contributed by atoms with Gasteiger partial charge in [0.15, 0.2) is 6.10 Å². The number of benzene rings is 3. The van der Waals surface area contributed by atoms with Crippen molar-refractivity contribution >= 4 is 40.9 Å². The van der Waals surface area contributed by atoms with Crippen LogP contribution in [0.15, 0.2) is 84.9 Å². The molecule has 32 heavy (non-hydrogen) atoms. The van der Waals surface area contributed by atoms with Gasteiger partial charge in [-0.3, -0.25) is 14.4 Å². The Hall–Kier alpha value is -3.41. The zero-order chi connectivity index (χ0) is 22.2. The average molecular weight is 445 g/mol. The number of hydroxylamine groups is 1. The molecule has 3 aromatic rings.